The van der Waals surface area contributed by atoms with Gasteiger partial charge in [-0.3, -0.25) is 4.79 Å². The van der Waals surface area contributed by atoms with Gasteiger partial charge in [0.05, 0.1) is 0 Å². The minimum absolute atomic E-state index is 0.269. The minimum atomic E-state index is -0.696. The van der Waals surface area contributed by atoms with Gasteiger partial charge in [0.2, 0.25) is 0 Å². The fourth-order valence-corrected chi connectivity index (χ4v) is 3.30. The number of aliphatic carboxylic acids is 1. The summed E-state index contributed by atoms with van der Waals surface area (Å²) in [7, 11) is 0. The van der Waals surface area contributed by atoms with Crippen molar-refractivity contribution in [1.29, 1.82) is 0 Å². The quantitative estimate of drug-likeness (QED) is 0.755. The molecule has 0 radical (unpaired) electrons. The first-order chi connectivity index (χ1) is 7.63. The molecule has 3 nitrogen and oxygen atoms in total. The van der Waals surface area contributed by atoms with Crippen molar-refractivity contribution < 1.29 is 9.90 Å². The van der Waals surface area contributed by atoms with Crippen LogP contribution in [0.15, 0.2) is 0 Å². The first-order valence-corrected chi connectivity index (χ1v) is 7.43. The van der Waals surface area contributed by atoms with Crippen LogP contribution >= 0.6 is 11.8 Å². The van der Waals surface area contributed by atoms with E-state index in [4.69, 9.17) is 5.11 Å². The predicted octanol–water partition coefficient (Wildman–Crippen LogP) is 2.50. The van der Waals surface area contributed by atoms with Crippen molar-refractivity contribution in [2.24, 2.45) is 0 Å². The van der Waals surface area contributed by atoms with Gasteiger partial charge < -0.3 is 10.4 Å². The molecule has 2 N–H and O–H groups in total. The molecule has 94 valence electrons. The Balaban J connectivity index is 2.30. The maximum atomic E-state index is 10.5. The second kappa shape index (κ2) is 7.17. The summed E-state index contributed by atoms with van der Waals surface area (Å²) < 4.78 is 0. The lowest BCUT2D eigenvalue weighted by Crippen LogP contribution is -2.44. The van der Waals surface area contributed by atoms with E-state index >= 15 is 0 Å². The summed E-state index contributed by atoms with van der Waals surface area (Å²) in [6.45, 7) is 2.09. The Hall–Kier alpha value is -0.220. The van der Waals surface area contributed by atoms with Crippen LogP contribution in [0.25, 0.3) is 0 Å². The van der Waals surface area contributed by atoms with Gasteiger partial charge in [-0.15, -0.1) is 0 Å². The van der Waals surface area contributed by atoms with E-state index in [1.165, 1.54) is 25.7 Å². The maximum Gasteiger partial charge on any atom is 0.303 e. The highest BCUT2D eigenvalue weighted by atomic mass is 32.2. The Morgan fingerprint density at radius 1 is 1.50 bits per heavy atom. The molecule has 0 aromatic carbocycles. The first-order valence-electron chi connectivity index (χ1n) is 6.14. The molecule has 3 unspecified atom stereocenters. The Morgan fingerprint density at radius 2 is 2.19 bits per heavy atom. The monoisotopic (exact) mass is 245 g/mol. The van der Waals surface area contributed by atoms with Crippen molar-refractivity contribution in [2.45, 2.75) is 62.8 Å². The minimum Gasteiger partial charge on any atom is -0.481 e. The Morgan fingerprint density at radius 3 is 2.81 bits per heavy atom. The van der Waals surface area contributed by atoms with Gasteiger partial charge in [0.1, 0.15) is 0 Å². The number of thioether (sulfide) groups is 1. The van der Waals surface area contributed by atoms with E-state index in [0.717, 1.165) is 6.42 Å². The van der Waals surface area contributed by atoms with Gasteiger partial charge in [-0.1, -0.05) is 12.8 Å². The highest BCUT2D eigenvalue weighted by Gasteiger charge is 2.25. The zero-order valence-corrected chi connectivity index (χ0v) is 11.1. The summed E-state index contributed by atoms with van der Waals surface area (Å²) in [6, 6.07) is 0.890. The number of carboxylic acid groups (broad SMARTS) is 1. The summed E-state index contributed by atoms with van der Waals surface area (Å²) in [5.74, 6) is -0.696. The molecule has 16 heavy (non-hydrogen) atoms. The van der Waals surface area contributed by atoms with Crippen LogP contribution in [-0.4, -0.2) is 34.7 Å². The van der Waals surface area contributed by atoms with Gasteiger partial charge in [-0.2, -0.15) is 11.8 Å². The van der Waals surface area contributed by atoms with E-state index in [1.807, 2.05) is 11.8 Å². The molecule has 0 aliphatic heterocycles. The molecule has 4 heteroatoms. The van der Waals surface area contributed by atoms with Crippen molar-refractivity contribution in [2.75, 3.05) is 6.26 Å². The van der Waals surface area contributed by atoms with Gasteiger partial charge in [-0.05, 0) is 32.4 Å². The Kier molecular flexibility index (Phi) is 6.21. The van der Waals surface area contributed by atoms with Gasteiger partial charge in [-0.25, -0.2) is 0 Å². The standard InChI is InChI=1S/C12H23NO2S/c1-9(7-8-12(14)15)13-10-5-3-4-6-11(10)16-2/h9-11,13H,3-8H2,1-2H3,(H,14,15). The lowest BCUT2D eigenvalue weighted by molar-refractivity contribution is -0.137. The average molecular weight is 245 g/mol. The maximum absolute atomic E-state index is 10.5. The van der Waals surface area contributed by atoms with Crippen molar-refractivity contribution in [1.82, 2.24) is 5.32 Å². The summed E-state index contributed by atoms with van der Waals surface area (Å²) in [5, 5.41) is 12.9. The molecule has 0 aromatic rings. The first kappa shape index (κ1) is 13.8. The van der Waals surface area contributed by atoms with E-state index < -0.39 is 5.97 Å². The van der Waals surface area contributed by atoms with Crippen LogP contribution in [0.3, 0.4) is 0 Å². The molecule has 0 heterocycles. The molecule has 0 saturated heterocycles. The highest BCUT2D eigenvalue weighted by molar-refractivity contribution is 7.99. The Bertz CT molecular complexity index is 223. The second-order valence-corrected chi connectivity index (χ2v) is 5.74. The summed E-state index contributed by atoms with van der Waals surface area (Å²) in [5.41, 5.74) is 0. The molecule has 1 rings (SSSR count). The number of hydrogen-bond donors (Lipinski definition) is 2. The summed E-state index contributed by atoms with van der Waals surface area (Å²) in [4.78, 5) is 10.5. The molecule has 3 atom stereocenters. The van der Waals surface area contributed by atoms with Crippen molar-refractivity contribution in [3.05, 3.63) is 0 Å². The number of carbonyl (C=O) groups is 1. The molecule has 1 saturated carbocycles. The van der Waals surface area contributed by atoms with Crippen LogP contribution in [-0.2, 0) is 4.79 Å². The van der Waals surface area contributed by atoms with Crippen molar-refractivity contribution in [3.63, 3.8) is 0 Å². The van der Waals surface area contributed by atoms with Crippen LogP contribution < -0.4 is 5.32 Å². The Labute approximate surface area is 102 Å². The largest absolute Gasteiger partial charge is 0.481 e. The van der Waals surface area contributed by atoms with Crippen molar-refractivity contribution in [3.8, 4) is 0 Å². The molecule has 1 aliphatic carbocycles. The fraction of sp³-hybridized carbons (Fsp3) is 0.917. The van der Waals surface area contributed by atoms with E-state index in [-0.39, 0.29) is 6.42 Å². The van der Waals surface area contributed by atoms with Crippen LogP contribution in [0, 0.1) is 0 Å². The lowest BCUT2D eigenvalue weighted by atomic mass is 9.94. The predicted molar refractivity (Wildman–Crippen MR) is 69.0 cm³/mol. The highest BCUT2D eigenvalue weighted by Crippen LogP contribution is 2.27. The zero-order valence-electron chi connectivity index (χ0n) is 10.2. The topological polar surface area (TPSA) is 49.3 Å². The SMILES string of the molecule is CSC1CCCCC1NC(C)CCC(=O)O. The number of rotatable bonds is 6. The van der Waals surface area contributed by atoms with Crippen LogP contribution in [0.5, 0.6) is 0 Å². The summed E-state index contributed by atoms with van der Waals surface area (Å²) in [6.07, 6.45) is 8.35. The molecule has 0 bridgehead atoms. The number of carboxylic acids is 1. The number of nitrogens with one attached hydrogen (secondary N) is 1. The van der Waals surface area contributed by atoms with Gasteiger partial charge >= 0.3 is 5.97 Å². The second-order valence-electron chi connectivity index (χ2n) is 4.67. The fourth-order valence-electron chi connectivity index (χ4n) is 2.36. The van der Waals surface area contributed by atoms with E-state index in [9.17, 15) is 4.79 Å². The van der Waals surface area contributed by atoms with Crippen LogP contribution in [0.1, 0.15) is 45.4 Å². The zero-order chi connectivity index (χ0) is 12.0. The van der Waals surface area contributed by atoms with Gasteiger partial charge in [0.25, 0.3) is 0 Å². The summed E-state index contributed by atoms with van der Waals surface area (Å²) >= 11 is 1.94. The third-order valence-electron chi connectivity index (χ3n) is 3.30. The molecule has 0 amide bonds. The van der Waals surface area contributed by atoms with Gasteiger partial charge in [0, 0.05) is 23.8 Å². The molecule has 1 fully saturated rings. The van der Waals surface area contributed by atoms with Crippen LogP contribution in [0.4, 0.5) is 0 Å². The third kappa shape index (κ3) is 4.74. The molecular weight excluding hydrogens is 222 g/mol. The lowest BCUT2D eigenvalue weighted by Gasteiger charge is -2.33. The molecule has 0 spiro atoms. The molecule has 1 aliphatic rings. The normalized spacial score (nSPS) is 27.6. The van der Waals surface area contributed by atoms with E-state index in [0.29, 0.717) is 17.3 Å². The van der Waals surface area contributed by atoms with Crippen LogP contribution in [0.2, 0.25) is 0 Å². The smallest absolute Gasteiger partial charge is 0.303 e. The van der Waals surface area contributed by atoms with Gasteiger partial charge in [0.15, 0.2) is 0 Å². The van der Waals surface area contributed by atoms with E-state index in [2.05, 4.69) is 18.5 Å². The molecule has 0 aromatic heterocycles. The number of hydrogen-bond acceptors (Lipinski definition) is 3. The molecular formula is C12H23NO2S. The van der Waals surface area contributed by atoms with E-state index in [1.54, 1.807) is 0 Å². The third-order valence-corrected chi connectivity index (χ3v) is 4.46. The average Bonchev–Trinajstić information content (AvgIpc) is 2.27. The van der Waals surface area contributed by atoms with Crippen molar-refractivity contribution >= 4 is 17.7 Å².